The number of hydrogen-bond donors (Lipinski definition) is 1. The lowest BCUT2D eigenvalue weighted by Crippen LogP contribution is -2.50. The normalized spacial score (nSPS) is 25.1. The lowest BCUT2D eigenvalue weighted by Gasteiger charge is -2.39. The standard InChI is InChI=1S/C15H19F3N2.2ClH/c1-10-9-19-6-7-20(10)14-5-3-11-2-4-12(8-13(11)14)15(16,17)18;;/h2,4,8,10,14,19H,3,5-7,9H2,1H3;2*1H/t10-,14?;;/m0../s1. The van der Waals surface area contributed by atoms with Crippen LogP contribution in [-0.4, -0.2) is 30.6 Å². The number of aryl methyl sites for hydroxylation is 1. The minimum atomic E-state index is -4.25. The van der Waals surface area contributed by atoms with Crippen molar-refractivity contribution in [3.8, 4) is 0 Å². The zero-order valence-electron chi connectivity index (χ0n) is 12.3. The summed E-state index contributed by atoms with van der Waals surface area (Å²) in [5, 5.41) is 3.33. The molecule has 1 heterocycles. The van der Waals surface area contributed by atoms with Crippen molar-refractivity contribution in [1.29, 1.82) is 0 Å². The number of halogens is 5. The summed E-state index contributed by atoms with van der Waals surface area (Å²) < 4.78 is 38.6. The van der Waals surface area contributed by atoms with Gasteiger partial charge in [0, 0.05) is 31.7 Å². The lowest BCUT2D eigenvalue weighted by molar-refractivity contribution is -0.137. The Balaban J connectivity index is 0.00000121. The van der Waals surface area contributed by atoms with Crippen molar-refractivity contribution in [2.24, 2.45) is 0 Å². The van der Waals surface area contributed by atoms with Crippen molar-refractivity contribution in [1.82, 2.24) is 10.2 Å². The molecule has 0 saturated carbocycles. The Morgan fingerprint density at radius 1 is 1.23 bits per heavy atom. The van der Waals surface area contributed by atoms with Crippen LogP contribution in [-0.2, 0) is 12.6 Å². The summed E-state index contributed by atoms with van der Waals surface area (Å²) in [4.78, 5) is 2.35. The fraction of sp³-hybridized carbons (Fsp3) is 0.600. The van der Waals surface area contributed by atoms with Crippen LogP contribution in [0, 0.1) is 0 Å². The van der Waals surface area contributed by atoms with E-state index in [2.05, 4.69) is 17.1 Å². The first kappa shape index (κ1) is 19.6. The molecule has 0 aromatic heterocycles. The van der Waals surface area contributed by atoms with Gasteiger partial charge in [-0.15, -0.1) is 24.8 Å². The van der Waals surface area contributed by atoms with Gasteiger partial charge in [-0.25, -0.2) is 0 Å². The summed E-state index contributed by atoms with van der Waals surface area (Å²) in [7, 11) is 0. The summed E-state index contributed by atoms with van der Waals surface area (Å²) in [5.74, 6) is 0. The van der Waals surface area contributed by atoms with E-state index in [0.717, 1.165) is 43.6 Å². The molecule has 126 valence electrons. The predicted molar refractivity (Wildman–Crippen MR) is 86.0 cm³/mol. The number of rotatable bonds is 1. The highest BCUT2D eigenvalue weighted by Crippen LogP contribution is 2.40. The average Bonchev–Trinajstić information content (AvgIpc) is 2.81. The second kappa shape index (κ2) is 7.39. The molecule has 2 nitrogen and oxygen atoms in total. The first-order valence-corrected chi connectivity index (χ1v) is 7.13. The molecule has 0 spiro atoms. The molecule has 1 fully saturated rings. The van der Waals surface area contributed by atoms with Crippen LogP contribution in [0.1, 0.15) is 36.1 Å². The third-order valence-electron chi connectivity index (χ3n) is 4.47. The molecular weight excluding hydrogens is 336 g/mol. The molecule has 2 atom stereocenters. The van der Waals surface area contributed by atoms with E-state index in [1.54, 1.807) is 6.07 Å². The number of piperazine rings is 1. The van der Waals surface area contributed by atoms with Crippen LogP contribution in [0.25, 0.3) is 0 Å². The highest BCUT2D eigenvalue weighted by atomic mass is 35.5. The second-order valence-corrected chi connectivity index (χ2v) is 5.76. The van der Waals surface area contributed by atoms with Gasteiger partial charge in [0.25, 0.3) is 0 Å². The Morgan fingerprint density at radius 2 is 1.95 bits per heavy atom. The van der Waals surface area contributed by atoms with Gasteiger partial charge >= 0.3 is 6.18 Å². The quantitative estimate of drug-likeness (QED) is 0.822. The average molecular weight is 357 g/mol. The van der Waals surface area contributed by atoms with Crippen molar-refractivity contribution < 1.29 is 13.2 Å². The summed E-state index contributed by atoms with van der Waals surface area (Å²) in [6, 6.07) is 4.74. The van der Waals surface area contributed by atoms with E-state index in [0.29, 0.717) is 6.04 Å². The predicted octanol–water partition coefficient (Wildman–Crippen LogP) is 3.83. The summed E-state index contributed by atoms with van der Waals surface area (Å²) in [6.07, 6.45) is -2.44. The molecule has 0 bridgehead atoms. The minimum Gasteiger partial charge on any atom is -0.314 e. The van der Waals surface area contributed by atoms with Gasteiger partial charge in [0.15, 0.2) is 0 Å². The van der Waals surface area contributed by atoms with Crippen molar-refractivity contribution in [3.05, 3.63) is 34.9 Å². The molecular formula is C15H21Cl2F3N2. The highest BCUT2D eigenvalue weighted by Gasteiger charge is 2.36. The van der Waals surface area contributed by atoms with Crippen LogP contribution in [0.3, 0.4) is 0 Å². The number of hydrogen-bond acceptors (Lipinski definition) is 2. The Bertz CT molecular complexity index is 508. The monoisotopic (exact) mass is 356 g/mol. The Hall–Kier alpha value is -0.490. The van der Waals surface area contributed by atoms with Crippen molar-refractivity contribution >= 4 is 24.8 Å². The largest absolute Gasteiger partial charge is 0.416 e. The van der Waals surface area contributed by atoms with Gasteiger partial charge in [0.05, 0.1) is 5.56 Å². The van der Waals surface area contributed by atoms with E-state index >= 15 is 0 Å². The fourth-order valence-corrected chi connectivity index (χ4v) is 3.42. The van der Waals surface area contributed by atoms with E-state index in [9.17, 15) is 13.2 Å². The zero-order chi connectivity index (χ0) is 14.3. The van der Waals surface area contributed by atoms with Gasteiger partial charge < -0.3 is 5.32 Å². The van der Waals surface area contributed by atoms with Crippen molar-refractivity contribution in [2.75, 3.05) is 19.6 Å². The summed E-state index contributed by atoms with van der Waals surface area (Å²) in [5.41, 5.74) is 1.44. The van der Waals surface area contributed by atoms with E-state index in [-0.39, 0.29) is 30.9 Å². The molecule has 1 unspecified atom stereocenters. The molecule has 1 aliphatic carbocycles. The smallest absolute Gasteiger partial charge is 0.314 e. The maximum absolute atomic E-state index is 12.9. The summed E-state index contributed by atoms with van der Waals surface area (Å²) >= 11 is 0. The maximum atomic E-state index is 12.9. The molecule has 22 heavy (non-hydrogen) atoms. The highest BCUT2D eigenvalue weighted by molar-refractivity contribution is 5.85. The maximum Gasteiger partial charge on any atom is 0.416 e. The van der Waals surface area contributed by atoms with Gasteiger partial charge in [-0.05, 0) is 43.0 Å². The van der Waals surface area contributed by atoms with Gasteiger partial charge in [-0.2, -0.15) is 13.2 Å². The van der Waals surface area contributed by atoms with Gasteiger partial charge in [0.2, 0.25) is 0 Å². The lowest BCUT2D eigenvalue weighted by atomic mass is 10.0. The van der Waals surface area contributed by atoms with Crippen LogP contribution in [0.15, 0.2) is 18.2 Å². The number of nitrogens with one attached hydrogen (secondary N) is 1. The SMILES string of the molecule is C[C@H]1CNCCN1C1CCc2ccc(C(F)(F)F)cc21.Cl.Cl. The van der Waals surface area contributed by atoms with Gasteiger partial charge in [-0.1, -0.05) is 6.07 Å². The van der Waals surface area contributed by atoms with E-state index in [1.807, 2.05) is 0 Å². The second-order valence-electron chi connectivity index (χ2n) is 5.76. The van der Waals surface area contributed by atoms with E-state index in [4.69, 9.17) is 0 Å². The first-order valence-electron chi connectivity index (χ1n) is 7.13. The van der Waals surface area contributed by atoms with Crippen LogP contribution in [0.2, 0.25) is 0 Å². The number of alkyl halides is 3. The molecule has 3 rings (SSSR count). The molecule has 1 N–H and O–H groups in total. The molecule has 1 aromatic carbocycles. The van der Waals surface area contributed by atoms with Crippen LogP contribution in [0.5, 0.6) is 0 Å². The number of nitrogens with zero attached hydrogens (tertiary/aromatic N) is 1. The molecule has 7 heteroatoms. The van der Waals surface area contributed by atoms with Crippen molar-refractivity contribution in [3.63, 3.8) is 0 Å². The topological polar surface area (TPSA) is 15.3 Å². The molecule has 0 amide bonds. The van der Waals surface area contributed by atoms with Crippen molar-refractivity contribution in [2.45, 2.75) is 38.0 Å². The third kappa shape index (κ3) is 3.70. The van der Waals surface area contributed by atoms with Crippen LogP contribution in [0.4, 0.5) is 13.2 Å². The molecule has 1 saturated heterocycles. The Labute approximate surface area is 141 Å². The van der Waals surface area contributed by atoms with E-state index in [1.165, 1.54) is 12.1 Å². The van der Waals surface area contributed by atoms with Gasteiger partial charge in [-0.3, -0.25) is 4.90 Å². The van der Waals surface area contributed by atoms with Crippen LogP contribution < -0.4 is 5.32 Å². The Kier molecular flexibility index (Phi) is 6.57. The molecule has 0 radical (unpaired) electrons. The van der Waals surface area contributed by atoms with Gasteiger partial charge in [0.1, 0.15) is 0 Å². The summed E-state index contributed by atoms with van der Waals surface area (Å²) in [6.45, 7) is 4.86. The zero-order valence-corrected chi connectivity index (χ0v) is 14.0. The minimum absolute atomic E-state index is 0. The fourth-order valence-electron chi connectivity index (χ4n) is 3.42. The number of fused-ring (bicyclic) bond motifs is 1. The first-order chi connectivity index (χ1) is 9.47. The molecule has 1 aliphatic heterocycles. The molecule has 1 aromatic rings. The Morgan fingerprint density at radius 3 is 2.59 bits per heavy atom. The molecule has 2 aliphatic rings. The van der Waals surface area contributed by atoms with Crippen LogP contribution >= 0.6 is 24.8 Å². The van der Waals surface area contributed by atoms with E-state index < -0.39 is 11.7 Å². The third-order valence-corrected chi connectivity index (χ3v) is 4.47. The number of benzene rings is 1.